The van der Waals surface area contributed by atoms with Crippen molar-refractivity contribution in [2.24, 2.45) is 0 Å². The maximum atomic E-state index is 12.5. The predicted molar refractivity (Wildman–Crippen MR) is 40.4 cm³/mol. The quantitative estimate of drug-likeness (QED) is 0.614. The Morgan fingerprint density at radius 2 is 2.18 bits per heavy atom. The Balaban J connectivity index is 2.79. The summed E-state index contributed by atoms with van der Waals surface area (Å²) >= 11 is 0. The van der Waals surface area contributed by atoms with Gasteiger partial charge in [-0.05, 0) is 17.7 Å². The smallest absolute Gasteiger partial charge is 0.123 e. The second-order valence-corrected chi connectivity index (χ2v) is 2.32. The molecule has 0 aliphatic rings. The van der Waals surface area contributed by atoms with Gasteiger partial charge in [0.05, 0.1) is 5.83 Å². The van der Waals surface area contributed by atoms with Crippen LogP contribution in [0.15, 0.2) is 36.7 Å². The standard InChI is InChI=1S/C9H8F2/c1-7(10)5-8-3-2-4-9(11)6-8/h2-4,6H,1,5H2. The number of hydrogen-bond acceptors (Lipinski definition) is 0. The molecule has 0 atom stereocenters. The van der Waals surface area contributed by atoms with Crippen LogP contribution in [0.25, 0.3) is 0 Å². The van der Waals surface area contributed by atoms with Crippen molar-refractivity contribution < 1.29 is 8.78 Å². The van der Waals surface area contributed by atoms with Gasteiger partial charge in [0.15, 0.2) is 0 Å². The van der Waals surface area contributed by atoms with Gasteiger partial charge in [-0.3, -0.25) is 0 Å². The van der Waals surface area contributed by atoms with Crippen molar-refractivity contribution in [3.05, 3.63) is 48.1 Å². The molecule has 0 radical (unpaired) electrons. The van der Waals surface area contributed by atoms with Crippen molar-refractivity contribution in [1.82, 2.24) is 0 Å². The fourth-order valence-electron chi connectivity index (χ4n) is 0.868. The van der Waals surface area contributed by atoms with Gasteiger partial charge in [-0.2, -0.15) is 0 Å². The molecule has 0 saturated heterocycles. The van der Waals surface area contributed by atoms with E-state index < -0.39 is 5.83 Å². The molecule has 0 N–H and O–H groups in total. The Labute approximate surface area is 64.2 Å². The van der Waals surface area contributed by atoms with Crippen LogP contribution in [0.1, 0.15) is 5.56 Å². The number of benzene rings is 1. The summed E-state index contributed by atoms with van der Waals surface area (Å²) in [6.07, 6.45) is 0.0950. The second-order valence-electron chi connectivity index (χ2n) is 2.32. The minimum absolute atomic E-state index is 0.0950. The highest BCUT2D eigenvalue weighted by Crippen LogP contribution is 2.08. The normalized spacial score (nSPS) is 9.64. The maximum Gasteiger partial charge on any atom is 0.123 e. The lowest BCUT2D eigenvalue weighted by molar-refractivity contribution is 0.608. The summed E-state index contributed by atoms with van der Waals surface area (Å²) in [6, 6.07) is 5.83. The number of hydrogen-bond donors (Lipinski definition) is 0. The second kappa shape index (κ2) is 3.28. The van der Waals surface area contributed by atoms with Gasteiger partial charge in [0.2, 0.25) is 0 Å². The minimum atomic E-state index is -0.449. The molecule has 11 heavy (non-hydrogen) atoms. The van der Waals surface area contributed by atoms with Crippen LogP contribution in [-0.2, 0) is 6.42 Å². The fraction of sp³-hybridized carbons (Fsp3) is 0.111. The Bertz CT molecular complexity index is 266. The molecule has 0 aromatic heterocycles. The van der Waals surface area contributed by atoms with Crippen LogP contribution in [0.2, 0.25) is 0 Å². The fourth-order valence-corrected chi connectivity index (χ4v) is 0.868. The van der Waals surface area contributed by atoms with Gasteiger partial charge in [0.25, 0.3) is 0 Å². The van der Waals surface area contributed by atoms with Crippen molar-refractivity contribution in [1.29, 1.82) is 0 Å². The zero-order valence-corrected chi connectivity index (χ0v) is 5.98. The van der Waals surface area contributed by atoms with E-state index >= 15 is 0 Å². The molecule has 58 valence electrons. The first-order valence-corrected chi connectivity index (χ1v) is 3.26. The first-order valence-electron chi connectivity index (χ1n) is 3.26. The first-order chi connectivity index (χ1) is 5.18. The lowest BCUT2D eigenvalue weighted by Gasteiger charge is -1.96. The lowest BCUT2D eigenvalue weighted by Crippen LogP contribution is -1.84. The molecule has 0 fully saturated rings. The predicted octanol–water partition coefficient (Wildman–Crippen LogP) is 2.85. The lowest BCUT2D eigenvalue weighted by atomic mass is 10.1. The molecule has 0 spiro atoms. The third-order valence-corrected chi connectivity index (χ3v) is 1.28. The van der Waals surface area contributed by atoms with Gasteiger partial charge in [0.1, 0.15) is 5.82 Å². The Hall–Kier alpha value is -1.18. The molecular formula is C9H8F2. The third-order valence-electron chi connectivity index (χ3n) is 1.28. The van der Waals surface area contributed by atoms with Crippen LogP contribution >= 0.6 is 0 Å². The SMILES string of the molecule is C=C(F)Cc1cccc(F)c1. The average molecular weight is 154 g/mol. The molecular weight excluding hydrogens is 146 g/mol. The van der Waals surface area contributed by atoms with Crippen LogP contribution < -0.4 is 0 Å². The molecule has 1 aromatic rings. The number of rotatable bonds is 2. The average Bonchev–Trinajstić information content (AvgIpc) is 1.85. The summed E-state index contributed by atoms with van der Waals surface area (Å²) in [5, 5.41) is 0. The summed E-state index contributed by atoms with van der Waals surface area (Å²) in [7, 11) is 0. The van der Waals surface area contributed by atoms with E-state index in [9.17, 15) is 8.78 Å². The van der Waals surface area contributed by atoms with Crippen molar-refractivity contribution in [2.45, 2.75) is 6.42 Å². The molecule has 1 aromatic carbocycles. The molecule has 0 aliphatic heterocycles. The molecule has 0 amide bonds. The van der Waals surface area contributed by atoms with Crippen molar-refractivity contribution in [3.63, 3.8) is 0 Å². The summed E-state index contributed by atoms with van der Waals surface area (Å²) in [5.41, 5.74) is 0.609. The topological polar surface area (TPSA) is 0 Å². The van der Waals surface area contributed by atoms with E-state index in [1.165, 1.54) is 12.1 Å². The van der Waals surface area contributed by atoms with Gasteiger partial charge >= 0.3 is 0 Å². The van der Waals surface area contributed by atoms with Crippen molar-refractivity contribution in [2.75, 3.05) is 0 Å². The van der Waals surface area contributed by atoms with Crippen molar-refractivity contribution in [3.8, 4) is 0 Å². The van der Waals surface area contributed by atoms with Crippen LogP contribution in [0, 0.1) is 5.82 Å². The Morgan fingerprint density at radius 3 is 2.73 bits per heavy atom. The first kappa shape index (κ1) is 7.92. The summed E-state index contributed by atoms with van der Waals surface area (Å²) < 4.78 is 24.7. The van der Waals surface area contributed by atoms with Gasteiger partial charge in [-0.1, -0.05) is 18.7 Å². The summed E-state index contributed by atoms with van der Waals surface area (Å²) in [5.74, 6) is -0.792. The Morgan fingerprint density at radius 1 is 1.45 bits per heavy atom. The van der Waals surface area contributed by atoms with Gasteiger partial charge < -0.3 is 0 Å². The van der Waals surface area contributed by atoms with E-state index in [0.29, 0.717) is 5.56 Å². The van der Waals surface area contributed by atoms with E-state index in [1.54, 1.807) is 12.1 Å². The van der Waals surface area contributed by atoms with Crippen LogP contribution in [0.5, 0.6) is 0 Å². The molecule has 2 heteroatoms. The summed E-state index contributed by atoms with van der Waals surface area (Å²) in [6.45, 7) is 3.09. The molecule has 0 heterocycles. The number of halogens is 2. The molecule has 1 rings (SSSR count). The largest absolute Gasteiger partial charge is 0.212 e. The molecule has 0 saturated carbocycles. The highest BCUT2D eigenvalue weighted by atomic mass is 19.1. The zero-order chi connectivity index (χ0) is 8.27. The highest BCUT2D eigenvalue weighted by molar-refractivity contribution is 5.19. The zero-order valence-electron chi connectivity index (χ0n) is 5.98. The molecule has 0 unspecified atom stereocenters. The monoisotopic (exact) mass is 154 g/mol. The Kier molecular flexibility index (Phi) is 2.36. The molecule has 0 nitrogen and oxygen atoms in total. The van der Waals surface area contributed by atoms with E-state index in [-0.39, 0.29) is 12.2 Å². The van der Waals surface area contributed by atoms with Gasteiger partial charge in [0, 0.05) is 6.42 Å². The van der Waals surface area contributed by atoms with E-state index in [4.69, 9.17) is 0 Å². The number of allylic oxidation sites excluding steroid dienone is 1. The molecule has 0 aliphatic carbocycles. The third kappa shape index (κ3) is 2.50. The van der Waals surface area contributed by atoms with Gasteiger partial charge in [-0.25, -0.2) is 8.78 Å². The highest BCUT2D eigenvalue weighted by Gasteiger charge is 1.96. The van der Waals surface area contributed by atoms with Crippen LogP contribution in [0.3, 0.4) is 0 Å². The summed E-state index contributed by atoms with van der Waals surface area (Å²) in [4.78, 5) is 0. The van der Waals surface area contributed by atoms with E-state index in [1.807, 2.05) is 0 Å². The molecule has 0 bridgehead atoms. The van der Waals surface area contributed by atoms with Crippen LogP contribution in [0.4, 0.5) is 8.78 Å². The minimum Gasteiger partial charge on any atom is -0.212 e. The maximum absolute atomic E-state index is 12.5. The van der Waals surface area contributed by atoms with Crippen LogP contribution in [-0.4, -0.2) is 0 Å². The van der Waals surface area contributed by atoms with E-state index in [0.717, 1.165) is 0 Å². The van der Waals surface area contributed by atoms with E-state index in [2.05, 4.69) is 6.58 Å². The van der Waals surface area contributed by atoms with Crippen molar-refractivity contribution >= 4 is 0 Å². The van der Waals surface area contributed by atoms with Gasteiger partial charge in [-0.15, -0.1) is 0 Å².